The van der Waals surface area contributed by atoms with E-state index in [0.717, 1.165) is 24.8 Å². The molecular weight excluding hydrogens is 507 g/mol. The van der Waals surface area contributed by atoms with Crippen LogP contribution < -0.4 is 5.32 Å². The average Bonchev–Trinajstić information content (AvgIpc) is 3.59. The van der Waals surface area contributed by atoms with E-state index in [-0.39, 0.29) is 29.9 Å². The van der Waals surface area contributed by atoms with Crippen molar-refractivity contribution in [3.8, 4) is 17.2 Å². The molecule has 0 spiro atoms. The number of rotatable bonds is 6. The van der Waals surface area contributed by atoms with Crippen molar-refractivity contribution in [3.05, 3.63) is 45.9 Å². The first kappa shape index (κ1) is 27.6. The van der Waals surface area contributed by atoms with Crippen molar-refractivity contribution in [3.63, 3.8) is 0 Å². The Morgan fingerprint density at radius 3 is 2.61 bits per heavy atom. The van der Waals surface area contributed by atoms with Crippen LogP contribution in [0.3, 0.4) is 0 Å². The Bertz CT molecular complexity index is 1280. The second kappa shape index (κ2) is 10.7. The summed E-state index contributed by atoms with van der Waals surface area (Å²) in [6.07, 6.45) is 1.84. The molecule has 0 unspecified atom stereocenters. The summed E-state index contributed by atoms with van der Waals surface area (Å²) in [5.41, 5.74) is 0.949. The third kappa shape index (κ3) is 5.83. The zero-order chi connectivity index (χ0) is 27.8. The molecule has 1 N–H and O–H groups in total. The number of hydrogen-bond acceptors (Lipinski definition) is 6. The quantitative estimate of drug-likeness (QED) is 0.577. The Balaban J connectivity index is 1.44. The standard InChI is InChI=1S/C28H33FN4O4S/c1-28(2,3)37-27(36)33-21-9-8-18(11-21)24(33)25(34)31-20(14-30)10-17-7-6-16(12-22(17)29)19-13-23(38-15-19)26(35)32(4)5/h6-7,12-13,15,18,20-21,24H,8-11H2,1-5H3,(H,31,34)/t18-,20-,21+,24-/m0/s1. The van der Waals surface area contributed by atoms with Gasteiger partial charge in [0.1, 0.15) is 23.5 Å². The van der Waals surface area contributed by atoms with Crippen LogP contribution in [0.25, 0.3) is 11.1 Å². The normalized spacial score (nSPS) is 21.1. The highest BCUT2D eigenvalue weighted by molar-refractivity contribution is 7.12. The number of piperidine rings is 1. The molecule has 1 aromatic heterocycles. The number of nitrogens with one attached hydrogen (secondary N) is 1. The van der Waals surface area contributed by atoms with Gasteiger partial charge in [-0.3, -0.25) is 14.5 Å². The SMILES string of the molecule is CN(C)C(=O)c1cc(-c2ccc(C[C@@H](C#N)NC(=O)[C@@H]3[C@H]4CC[C@H](C4)N3C(=O)OC(C)(C)C)c(F)c2)cs1. The summed E-state index contributed by atoms with van der Waals surface area (Å²) in [5, 5.41) is 14.3. The first-order chi connectivity index (χ1) is 17.9. The summed E-state index contributed by atoms with van der Waals surface area (Å²) in [6, 6.07) is 6.77. The number of ether oxygens (including phenoxy) is 1. The van der Waals surface area contributed by atoms with E-state index < -0.39 is 35.5 Å². The third-order valence-corrected chi connectivity index (χ3v) is 7.88. The van der Waals surface area contributed by atoms with Crippen LogP contribution in [0.5, 0.6) is 0 Å². The lowest BCUT2D eigenvalue weighted by Gasteiger charge is -2.35. The molecule has 1 aliphatic heterocycles. The van der Waals surface area contributed by atoms with Gasteiger partial charge in [0.2, 0.25) is 5.91 Å². The maximum atomic E-state index is 15.0. The number of benzene rings is 1. The highest BCUT2D eigenvalue weighted by Gasteiger charge is 2.52. The number of nitrogens with zero attached hydrogens (tertiary/aromatic N) is 3. The Kier molecular flexibility index (Phi) is 7.79. The van der Waals surface area contributed by atoms with Crippen LogP contribution >= 0.6 is 11.3 Å². The van der Waals surface area contributed by atoms with E-state index in [2.05, 4.69) is 11.4 Å². The molecule has 2 aliphatic rings. The van der Waals surface area contributed by atoms with Gasteiger partial charge < -0.3 is 15.0 Å². The molecule has 0 radical (unpaired) electrons. The second-order valence-electron chi connectivity index (χ2n) is 11.2. The molecule has 8 nitrogen and oxygen atoms in total. The molecule has 3 amide bonds. The van der Waals surface area contributed by atoms with Crippen LogP contribution in [0.1, 0.15) is 55.3 Å². The minimum atomic E-state index is -0.965. The molecule has 1 aromatic carbocycles. The molecule has 1 saturated heterocycles. The van der Waals surface area contributed by atoms with Gasteiger partial charge in [0.05, 0.1) is 10.9 Å². The van der Waals surface area contributed by atoms with Crippen LogP contribution in [0.15, 0.2) is 29.6 Å². The number of amides is 3. The molecule has 202 valence electrons. The maximum absolute atomic E-state index is 15.0. The zero-order valence-corrected chi connectivity index (χ0v) is 23.1. The van der Waals surface area contributed by atoms with Crippen LogP contribution in [-0.4, -0.2) is 65.5 Å². The molecule has 10 heteroatoms. The summed E-state index contributed by atoms with van der Waals surface area (Å²) in [4.78, 5) is 41.9. The number of carbonyl (C=O) groups excluding carboxylic acids is 3. The Morgan fingerprint density at radius 2 is 1.97 bits per heavy atom. The smallest absolute Gasteiger partial charge is 0.411 e. The highest BCUT2D eigenvalue weighted by Crippen LogP contribution is 2.43. The predicted octanol–water partition coefficient (Wildman–Crippen LogP) is 4.59. The van der Waals surface area contributed by atoms with Gasteiger partial charge >= 0.3 is 6.09 Å². The van der Waals surface area contributed by atoms with Crippen LogP contribution in [0.4, 0.5) is 9.18 Å². The fourth-order valence-corrected chi connectivity index (χ4v) is 6.16. The summed E-state index contributed by atoms with van der Waals surface area (Å²) >= 11 is 1.29. The first-order valence-electron chi connectivity index (χ1n) is 12.7. The van der Waals surface area contributed by atoms with E-state index in [1.165, 1.54) is 27.2 Å². The number of likely N-dealkylation sites (tertiary alicyclic amines) is 1. The average molecular weight is 541 g/mol. The van der Waals surface area contributed by atoms with Gasteiger partial charge in [0, 0.05) is 26.6 Å². The van der Waals surface area contributed by atoms with Gasteiger partial charge in [-0.1, -0.05) is 12.1 Å². The van der Waals surface area contributed by atoms with Crippen LogP contribution in [0, 0.1) is 23.1 Å². The summed E-state index contributed by atoms with van der Waals surface area (Å²) in [6.45, 7) is 5.33. The van der Waals surface area contributed by atoms with Crippen LogP contribution in [0.2, 0.25) is 0 Å². The first-order valence-corrected chi connectivity index (χ1v) is 13.6. The van der Waals surface area contributed by atoms with Crippen molar-refractivity contribution in [1.29, 1.82) is 5.26 Å². The molecule has 1 saturated carbocycles. The molecule has 2 heterocycles. The molecule has 4 rings (SSSR count). The van der Waals surface area contributed by atoms with Gasteiger partial charge in [-0.05, 0) is 80.2 Å². The largest absolute Gasteiger partial charge is 0.444 e. The van der Waals surface area contributed by atoms with E-state index in [0.29, 0.717) is 10.4 Å². The van der Waals surface area contributed by atoms with Gasteiger partial charge in [-0.15, -0.1) is 11.3 Å². The Morgan fingerprint density at radius 1 is 1.24 bits per heavy atom. The minimum absolute atomic E-state index is 0.0118. The van der Waals surface area contributed by atoms with Gasteiger partial charge in [0.15, 0.2) is 0 Å². The van der Waals surface area contributed by atoms with Crippen molar-refractivity contribution < 1.29 is 23.5 Å². The highest BCUT2D eigenvalue weighted by atomic mass is 32.1. The van der Waals surface area contributed by atoms with E-state index in [1.54, 1.807) is 58.4 Å². The fraction of sp³-hybridized carbons (Fsp3) is 0.500. The number of halogens is 1. The monoisotopic (exact) mass is 540 g/mol. The number of thiophene rings is 1. The van der Waals surface area contributed by atoms with Gasteiger partial charge in [-0.2, -0.15) is 5.26 Å². The lowest BCUT2D eigenvalue weighted by atomic mass is 9.97. The fourth-order valence-electron chi connectivity index (χ4n) is 5.22. The van der Waals surface area contributed by atoms with Crippen molar-refractivity contribution in [1.82, 2.24) is 15.1 Å². The number of hydrogen-bond donors (Lipinski definition) is 1. The van der Waals surface area contributed by atoms with Crippen molar-refractivity contribution in [2.45, 2.75) is 70.2 Å². The van der Waals surface area contributed by atoms with E-state index in [1.807, 2.05) is 0 Å². The topological polar surface area (TPSA) is 103 Å². The lowest BCUT2D eigenvalue weighted by Crippen LogP contribution is -2.55. The molecular formula is C28H33FN4O4S. The van der Waals surface area contributed by atoms with Crippen molar-refractivity contribution >= 4 is 29.2 Å². The predicted molar refractivity (Wildman–Crippen MR) is 142 cm³/mol. The summed E-state index contributed by atoms with van der Waals surface area (Å²) in [5.74, 6) is -1.02. The summed E-state index contributed by atoms with van der Waals surface area (Å²) < 4.78 is 20.6. The van der Waals surface area contributed by atoms with E-state index >= 15 is 4.39 Å². The minimum Gasteiger partial charge on any atom is -0.444 e. The maximum Gasteiger partial charge on any atom is 0.411 e. The zero-order valence-electron chi connectivity index (χ0n) is 22.3. The lowest BCUT2D eigenvalue weighted by molar-refractivity contribution is -0.128. The van der Waals surface area contributed by atoms with Crippen LogP contribution in [-0.2, 0) is 16.0 Å². The number of carbonyl (C=O) groups is 3. The van der Waals surface area contributed by atoms with Gasteiger partial charge in [-0.25, -0.2) is 9.18 Å². The molecule has 2 fully saturated rings. The van der Waals surface area contributed by atoms with Gasteiger partial charge in [0.25, 0.3) is 5.91 Å². The van der Waals surface area contributed by atoms with Crippen molar-refractivity contribution in [2.24, 2.45) is 5.92 Å². The number of nitriles is 1. The molecule has 2 bridgehead atoms. The second-order valence-corrected chi connectivity index (χ2v) is 12.1. The number of fused-ring (bicyclic) bond motifs is 2. The molecule has 38 heavy (non-hydrogen) atoms. The Labute approximate surface area is 226 Å². The van der Waals surface area contributed by atoms with E-state index in [9.17, 15) is 19.6 Å². The molecule has 4 atom stereocenters. The summed E-state index contributed by atoms with van der Waals surface area (Å²) in [7, 11) is 3.35. The Hall–Kier alpha value is -3.45. The van der Waals surface area contributed by atoms with E-state index in [4.69, 9.17) is 4.74 Å². The third-order valence-electron chi connectivity index (χ3n) is 6.96. The van der Waals surface area contributed by atoms with Crippen molar-refractivity contribution in [2.75, 3.05) is 14.1 Å². The molecule has 1 aliphatic carbocycles. The molecule has 2 aromatic rings.